The topological polar surface area (TPSA) is 150 Å². The number of aromatic amines is 1. The number of hydrogen-bond donors (Lipinski definition) is 4. The summed E-state index contributed by atoms with van der Waals surface area (Å²) in [5.74, 6) is -6.35. The molecule has 1 aromatic carbocycles. The van der Waals surface area contributed by atoms with E-state index in [9.17, 15) is 29.7 Å². The first-order valence-corrected chi connectivity index (χ1v) is 6.94. The van der Waals surface area contributed by atoms with Crippen molar-refractivity contribution in [3.8, 4) is 0 Å². The number of imidazole rings is 1. The molecule has 118 valence electrons. The fraction of sp³-hybridized carbons (Fsp3) is 0.0769. The lowest BCUT2D eigenvalue weighted by atomic mass is 10.1. The number of ether oxygens (including phenoxy) is 1. The molecule has 0 radical (unpaired) electrons. The summed E-state index contributed by atoms with van der Waals surface area (Å²) in [6, 6.07) is 6.86. The third-order valence-corrected chi connectivity index (χ3v) is 4.21. The molecular weight excluding hydrogens is 328 g/mol. The molecule has 23 heavy (non-hydrogen) atoms. The number of rotatable bonds is 4. The minimum Gasteiger partial charge on any atom is -0.501 e. The van der Waals surface area contributed by atoms with E-state index in [1.165, 1.54) is 0 Å². The highest BCUT2D eigenvalue weighted by Crippen LogP contribution is 2.43. The molecule has 0 atom stereocenters. The lowest BCUT2D eigenvalue weighted by Crippen LogP contribution is -2.48. The number of benzene rings is 1. The predicted octanol–water partition coefficient (Wildman–Crippen LogP) is 0.889. The third kappa shape index (κ3) is 2.11. The van der Waals surface area contributed by atoms with Gasteiger partial charge < -0.3 is 25.0 Å². The number of carbonyl (C=O) groups excluding carboxylic acids is 1. The molecule has 4 N–H and O–H groups in total. The maximum Gasteiger partial charge on any atom is 0.376 e. The maximum absolute atomic E-state index is 11.5. The van der Waals surface area contributed by atoms with Crippen LogP contribution in [0, 0.1) is 0 Å². The quantitative estimate of drug-likeness (QED) is 0.471. The summed E-state index contributed by atoms with van der Waals surface area (Å²) in [6.07, 6.45) is 0. The second-order valence-electron chi connectivity index (χ2n) is 4.52. The zero-order chi connectivity index (χ0) is 16.8. The van der Waals surface area contributed by atoms with Gasteiger partial charge in [0, 0.05) is 0 Å². The van der Waals surface area contributed by atoms with Crippen LogP contribution in [0.2, 0.25) is 0 Å². The van der Waals surface area contributed by atoms with Crippen LogP contribution in [-0.2, 0) is 19.1 Å². The van der Waals surface area contributed by atoms with E-state index in [1.807, 2.05) is 0 Å². The molecule has 1 aliphatic heterocycles. The van der Waals surface area contributed by atoms with E-state index in [-0.39, 0.29) is 5.16 Å². The molecule has 1 aliphatic rings. The van der Waals surface area contributed by atoms with Crippen LogP contribution in [0.25, 0.3) is 11.0 Å². The van der Waals surface area contributed by atoms with Crippen molar-refractivity contribution in [1.82, 2.24) is 9.97 Å². The molecule has 10 heteroatoms. The van der Waals surface area contributed by atoms with Crippen LogP contribution in [0.15, 0.2) is 40.1 Å². The number of aliphatic hydroxyl groups excluding tert-OH is 1. The molecule has 9 nitrogen and oxygen atoms in total. The Morgan fingerprint density at radius 1 is 1.22 bits per heavy atom. The van der Waals surface area contributed by atoms with Crippen LogP contribution in [0.5, 0.6) is 0 Å². The largest absolute Gasteiger partial charge is 0.501 e. The lowest BCUT2D eigenvalue weighted by Gasteiger charge is -2.19. The van der Waals surface area contributed by atoms with Crippen LogP contribution in [0.3, 0.4) is 0 Å². The van der Waals surface area contributed by atoms with Crippen molar-refractivity contribution >= 4 is 40.7 Å². The Labute approximate surface area is 131 Å². The van der Waals surface area contributed by atoms with Gasteiger partial charge in [0.05, 0.1) is 11.0 Å². The van der Waals surface area contributed by atoms with E-state index in [0.717, 1.165) is 0 Å². The number of para-hydroxylation sites is 2. The van der Waals surface area contributed by atoms with Crippen molar-refractivity contribution in [2.45, 2.75) is 10.8 Å². The molecule has 0 saturated heterocycles. The van der Waals surface area contributed by atoms with E-state index >= 15 is 0 Å². The van der Waals surface area contributed by atoms with Gasteiger partial charge in [-0.15, -0.1) is 0 Å². The molecule has 0 spiro atoms. The fourth-order valence-electron chi connectivity index (χ4n) is 2.06. The van der Waals surface area contributed by atoms with E-state index in [4.69, 9.17) is 0 Å². The number of nitrogens with zero attached hydrogens (tertiary/aromatic N) is 1. The van der Waals surface area contributed by atoms with Crippen molar-refractivity contribution in [2.24, 2.45) is 0 Å². The number of H-pyrrole nitrogens is 1. The smallest absolute Gasteiger partial charge is 0.376 e. The van der Waals surface area contributed by atoms with Gasteiger partial charge in [0.15, 0.2) is 5.16 Å². The first kappa shape index (κ1) is 14.9. The van der Waals surface area contributed by atoms with Crippen LogP contribution < -0.4 is 0 Å². The second kappa shape index (κ2) is 5.02. The van der Waals surface area contributed by atoms with Gasteiger partial charge in [-0.1, -0.05) is 12.1 Å². The summed E-state index contributed by atoms with van der Waals surface area (Å²) in [6.45, 7) is 0. The van der Waals surface area contributed by atoms with Crippen LogP contribution in [-0.4, -0.2) is 48.8 Å². The highest BCUT2D eigenvalue weighted by atomic mass is 32.2. The average molecular weight is 336 g/mol. The Morgan fingerprint density at radius 2 is 1.87 bits per heavy atom. The second-order valence-corrected chi connectivity index (χ2v) is 5.52. The number of hydrogen-bond acceptors (Lipinski definition) is 7. The Morgan fingerprint density at radius 3 is 2.48 bits per heavy atom. The van der Waals surface area contributed by atoms with Gasteiger partial charge in [-0.25, -0.2) is 19.4 Å². The molecule has 1 aromatic heterocycles. The predicted molar refractivity (Wildman–Crippen MR) is 75.7 cm³/mol. The van der Waals surface area contributed by atoms with Crippen molar-refractivity contribution in [3.05, 3.63) is 34.9 Å². The van der Waals surface area contributed by atoms with E-state index < -0.39 is 34.2 Å². The zero-order valence-electron chi connectivity index (χ0n) is 11.1. The number of aliphatic carboxylic acids is 2. The summed E-state index contributed by atoms with van der Waals surface area (Å²) >= 11 is 0.508. The van der Waals surface area contributed by atoms with Gasteiger partial charge in [-0.3, -0.25) is 0 Å². The zero-order valence-corrected chi connectivity index (χ0v) is 12.0. The number of nitrogens with one attached hydrogen (secondary N) is 1. The molecule has 2 aromatic rings. The molecule has 0 bridgehead atoms. The van der Waals surface area contributed by atoms with Gasteiger partial charge in [-0.05, 0) is 23.9 Å². The number of aromatic nitrogens is 2. The standard InChI is InChI=1S/C13H8N2O7S/c16-7-8(13(10(18)19,11(20)21)22-9(7)17)23-12-14-5-3-1-2-4-6(5)15-12/h1-4,16H,(H,14,15)(H,18,19)(H,20,21). The number of cyclic esters (lactones) is 1. The molecule has 3 rings (SSSR count). The van der Waals surface area contributed by atoms with Gasteiger partial charge in [0.1, 0.15) is 4.91 Å². The van der Waals surface area contributed by atoms with E-state index in [1.54, 1.807) is 24.3 Å². The number of carbonyl (C=O) groups is 3. The van der Waals surface area contributed by atoms with Gasteiger partial charge in [0.25, 0.3) is 0 Å². The lowest BCUT2D eigenvalue weighted by molar-refractivity contribution is -0.180. The molecule has 0 fully saturated rings. The van der Waals surface area contributed by atoms with Gasteiger partial charge >= 0.3 is 23.5 Å². The summed E-state index contributed by atoms with van der Waals surface area (Å²) in [5.41, 5.74) is -1.82. The Bertz CT molecular complexity index is 838. The summed E-state index contributed by atoms with van der Waals surface area (Å²) in [5, 5.41) is 28.3. The summed E-state index contributed by atoms with van der Waals surface area (Å²) in [7, 11) is 0. The Hall–Kier alpha value is -3.01. The third-order valence-electron chi connectivity index (χ3n) is 3.14. The minimum absolute atomic E-state index is 0.109. The SMILES string of the molecule is O=C1OC(C(=O)O)(C(=O)O)C(Sc2nc3ccccc3[nH]2)=C1O. The maximum atomic E-state index is 11.5. The van der Waals surface area contributed by atoms with Crippen molar-refractivity contribution in [2.75, 3.05) is 0 Å². The first-order chi connectivity index (χ1) is 10.9. The number of esters is 1. The number of thioether (sulfide) groups is 1. The van der Waals surface area contributed by atoms with Crippen molar-refractivity contribution in [3.63, 3.8) is 0 Å². The fourth-order valence-corrected chi connectivity index (χ4v) is 3.10. The minimum atomic E-state index is -3.00. The van der Waals surface area contributed by atoms with E-state index in [2.05, 4.69) is 14.7 Å². The molecule has 0 aliphatic carbocycles. The Balaban J connectivity index is 2.09. The molecular formula is C13H8N2O7S. The number of carboxylic acid groups (broad SMARTS) is 2. The van der Waals surface area contributed by atoms with Crippen molar-refractivity contribution in [1.29, 1.82) is 0 Å². The monoisotopic (exact) mass is 336 g/mol. The molecule has 2 heterocycles. The highest BCUT2D eigenvalue weighted by Gasteiger charge is 2.61. The summed E-state index contributed by atoms with van der Waals surface area (Å²) < 4.78 is 4.42. The van der Waals surface area contributed by atoms with E-state index in [0.29, 0.717) is 22.8 Å². The van der Waals surface area contributed by atoms with Crippen molar-refractivity contribution < 1.29 is 34.4 Å². The average Bonchev–Trinajstić information content (AvgIpc) is 3.01. The number of aliphatic hydroxyl groups is 1. The number of carboxylic acids is 2. The van der Waals surface area contributed by atoms with Gasteiger partial charge in [-0.2, -0.15) is 0 Å². The molecule has 0 saturated carbocycles. The van der Waals surface area contributed by atoms with Crippen LogP contribution in [0.4, 0.5) is 0 Å². The Kier molecular flexibility index (Phi) is 3.25. The van der Waals surface area contributed by atoms with Crippen LogP contribution in [0.1, 0.15) is 0 Å². The number of fused-ring (bicyclic) bond motifs is 1. The first-order valence-electron chi connectivity index (χ1n) is 6.12. The highest BCUT2D eigenvalue weighted by molar-refractivity contribution is 8.03. The van der Waals surface area contributed by atoms with Gasteiger partial charge in [0.2, 0.25) is 5.76 Å². The van der Waals surface area contributed by atoms with Crippen LogP contribution >= 0.6 is 11.8 Å². The molecule has 0 unspecified atom stereocenters. The normalized spacial score (nSPS) is 16.6. The molecule has 0 amide bonds. The summed E-state index contributed by atoms with van der Waals surface area (Å²) in [4.78, 5) is 40.5.